The van der Waals surface area contributed by atoms with Gasteiger partial charge in [0.1, 0.15) is 17.4 Å². The van der Waals surface area contributed by atoms with E-state index in [1.807, 2.05) is 43.0 Å². The van der Waals surface area contributed by atoms with Crippen LogP contribution >= 0.6 is 0 Å². The van der Waals surface area contributed by atoms with E-state index in [2.05, 4.69) is 0 Å². The lowest BCUT2D eigenvalue weighted by Gasteiger charge is -2.36. The van der Waals surface area contributed by atoms with E-state index >= 15 is 0 Å². The number of halogens is 2. The Morgan fingerprint density at radius 1 is 1.16 bits per heavy atom. The topological polar surface area (TPSA) is 49.9 Å². The Morgan fingerprint density at radius 3 is 2.48 bits per heavy atom. The van der Waals surface area contributed by atoms with Crippen molar-refractivity contribution in [2.24, 2.45) is 5.92 Å². The van der Waals surface area contributed by atoms with Crippen molar-refractivity contribution in [3.63, 3.8) is 0 Å². The number of rotatable bonds is 6. The summed E-state index contributed by atoms with van der Waals surface area (Å²) >= 11 is 0. The third-order valence-electron chi connectivity index (χ3n) is 5.96. The van der Waals surface area contributed by atoms with Crippen molar-refractivity contribution in [1.82, 2.24) is 9.80 Å². The molecule has 31 heavy (non-hydrogen) atoms. The van der Waals surface area contributed by atoms with Gasteiger partial charge in [0, 0.05) is 31.6 Å². The van der Waals surface area contributed by atoms with Crippen LogP contribution in [0.2, 0.25) is 0 Å². The smallest absolute Gasteiger partial charge is 0.256 e. The molecule has 2 aromatic carbocycles. The molecule has 7 heteroatoms. The summed E-state index contributed by atoms with van der Waals surface area (Å²) < 4.78 is 32.4. The second-order valence-electron chi connectivity index (χ2n) is 7.77. The fourth-order valence-corrected chi connectivity index (χ4v) is 4.10. The average Bonchev–Trinajstić information content (AvgIpc) is 2.79. The summed E-state index contributed by atoms with van der Waals surface area (Å²) in [6.45, 7) is 5.22. The van der Waals surface area contributed by atoms with Crippen LogP contribution < -0.4 is 4.74 Å². The highest BCUT2D eigenvalue weighted by molar-refractivity contribution is 5.94. The van der Waals surface area contributed by atoms with Crippen LogP contribution in [0.4, 0.5) is 8.78 Å². The van der Waals surface area contributed by atoms with Crippen molar-refractivity contribution >= 4 is 11.8 Å². The summed E-state index contributed by atoms with van der Waals surface area (Å²) in [6, 6.07) is 10.5. The molecular formula is C24H28F2N2O3. The Balaban J connectivity index is 1.64. The molecule has 0 bridgehead atoms. The van der Waals surface area contributed by atoms with Gasteiger partial charge in [-0.3, -0.25) is 9.59 Å². The van der Waals surface area contributed by atoms with Crippen molar-refractivity contribution in [3.8, 4) is 5.75 Å². The molecule has 0 aliphatic carbocycles. The minimum atomic E-state index is -0.868. The lowest BCUT2D eigenvalue weighted by molar-refractivity contribution is -0.139. The molecule has 1 aliphatic rings. The van der Waals surface area contributed by atoms with Crippen LogP contribution in [0.3, 0.4) is 0 Å². The van der Waals surface area contributed by atoms with Gasteiger partial charge in [-0.1, -0.05) is 12.1 Å². The number of carbonyl (C=O) groups excluding carboxylic acids is 2. The van der Waals surface area contributed by atoms with Gasteiger partial charge in [-0.2, -0.15) is 0 Å². The minimum absolute atomic E-state index is 0.0536. The van der Waals surface area contributed by atoms with Crippen LogP contribution in [0.15, 0.2) is 42.5 Å². The molecule has 1 atom stereocenters. The maximum Gasteiger partial charge on any atom is 0.256 e. The molecule has 1 heterocycles. The molecule has 1 saturated heterocycles. The van der Waals surface area contributed by atoms with Crippen molar-refractivity contribution in [1.29, 1.82) is 0 Å². The first-order chi connectivity index (χ1) is 14.8. The van der Waals surface area contributed by atoms with Gasteiger partial charge in [0.05, 0.1) is 18.7 Å². The Bertz CT molecular complexity index is 942. The number of hydrogen-bond acceptors (Lipinski definition) is 3. The SMILES string of the molecule is CCN(C(=O)C1CCN(C(=O)c2ccc(F)cc2F)CC1)C(C)c1cccc(OC)c1. The summed E-state index contributed by atoms with van der Waals surface area (Å²) in [5.74, 6) is -1.46. The predicted octanol–water partition coefficient (Wildman–Crippen LogP) is 4.44. The summed E-state index contributed by atoms with van der Waals surface area (Å²) in [5, 5.41) is 0. The third-order valence-corrected chi connectivity index (χ3v) is 5.96. The number of methoxy groups -OCH3 is 1. The van der Waals surface area contributed by atoms with Gasteiger partial charge in [-0.25, -0.2) is 8.78 Å². The normalized spacial score (nSPS) is 15.5. The molecule has 1 fully saturated rings. The molecule has 1 unspecified atom stereocenters. The van der Waals surface area contributed by atoms with E-state index in [9.17, 15) is 18.4 Å². The first-order valence-corrected chi connectivity index (χ1v) is 10.5. The number of ether oxygens (including phenoxy) is 1. The maximum atomic E-state index is 14.0. The van der Waals surface area contributed by atoms with E-state index in [1.54, 1.807) is 7.11 Å². The number of carbonyl (C=O) groups is 2. The van der Waals surface area contributed by atoms with Crippen LogP contribution in [0.1, 0.15) is 48.7 Å². The second-order valence-corrected chi connectivity index (χ2v) is 7.77. The molecule has 5 nitrogen and oxygen atoms in total. The maximum absolute atomic E-state index is 14.0. The number of amides is 2. The molecular weight excluding hydrogens is 402 g/mol. The molecule has 1 aliphatic heterocycles. The van der Waals surface area contributed by atoms with Crippen molar-refractivity contribution in [3.05, 3.63) is 65.2 Å². The summed E-state index contributed by atoms with van der Waals surface area (Å²) in [4.78, 5) is 29.2. The average molecular weight is 430 g/mol. The summed E-state index contributed by atoms with van der Waals surface area (Å²) in [6.07, 6.45) is 1.02. The van der Waals surface area contributed by atoms with E-state index in [1.165, 1.54) is 11.0 Å². The lowest BCUT2D eigenvalue weighted by atomic mass is 9.93. The molecule has 2 aromatic rings. The first-order valence-electron chi connectivity index (χ1n) is 10.5. The molecule has 0 radical (unpaired) electrons. The van der Waals surface area contributed by atoms with Crippen molar-refractivity contribution in [2.75, 3.05) is 26.7 Å². The van der Waals surface area contributed by atoms with Gasteiger partial charge in [0.25, 0.3) is 5.91 Å². The van der Waals surface area contributed by atoms with Gasteiger partial charge in [-0.15, -0.1) is 0 Å². The van der Waals surface area contributed by atoms with E-state index in [0.29, 0.717) is 38.5 Å². The Hall–Kier alpha value is -2.96. The second kappa shape index (κ2) is 9.90. The molecule has 0 saturated carbocycles. The third kappa shape index (κ3) is 5.03. The predicted molar refractivity (Wildman–Crippen MR) is 114 cm³/mol. The standard InChI is InChI=1S/C24H28F2N2O3/c1-4-28(16(2)18-6-5-7-20(14-18)31-3)23(29)17-10-12-27(13-11-17)24(30)21-9-8-19(25)15-22(21)26/h5-9,14-17H,4,10-13H2,1-3H3. The fourth-order valence-electron chi connectivity index (χ4n) is 4.10. The first kappa shape index (κ1) is 22.7. The van der Waals surface area contributed by atoms with Gasteiger partial charge < -0.3 is 14.5 Å². The van der Waals surface area contributed by atoms with Gasteiger partial charge in [0.2, 0.25) is 5.91 Å². The fraction of sp³-hybridized carbons (Fsp3) is 0.417. The zero-order chi connectivity index (χ0) is 22.5. The number of piperidine rings is 1. The number of nitrogens with zero attached hydrogens (tertiary/aromatic N) is 2. The monoisotopic (exact) mass is 430 g/mol. The zero-order valence-corrected chi connectivity index (χ0v) is 18.1. The zero-order valence-electron chi connectivity index (χ0n) is 18.1. The quantitative estimate of drug-likeness (QED) is 0.681. The van der Waals surface area contributed by atoms with Crippen LogP contribution in [0.25, 0.3) is 0 Å². The minimum Gasteiger partial charge on any atom is -0.497 e. The number of likely N-dealkylation sites (tertiary alicyclic amines) is 1. The molecule has 0 N–H and O–H groups in total. The Morgan fingerprint density at radius 2 is 1.87 bits per heavy atom. The molecule has 2 amide bonds. The van der Waals surface area contributed by atoms with Crippen LogP contribution in [-0.2, 0) is 4.79 Å². The van der Waals surface area contributed by atoms with Crippen molar-refractivity contribution < 1.29 is 23.1 Å². The van der Waals surface area contributed by atoms with E-state index in [-0.39, 0.29) is 23.4 Å². The highest BCUT2D eigenvalue weighted by Crippen LogP contribution is 2.28. The van der Waals surface area contributed by atoms with Gasteiger partial charge in [0.15, 0.2) is 0 Å². The lowest BCUT2D eigenvalue weighted by Crippen LogP contribution is -2.45. The molecule has 166 valence electrons. The van der Waals surface area contributed by atoms with Gasteiger partial charge >= 0.3 is 0 Å². The Labute approximate surface area is 181 Å². The molecule has 0 aromatic heterocycles. The van der Waals surface area contributed by atoms with E-state index in [0.717, 1.165) is 17.4 Å². The van der Waals surface area contributed by atoms with Gasteiger partial charge in [-0.05, 0) is 56.5 Å². The largest absolute Gasteiger partial charge is 0.497 e. The van der Waals surface area contributed by atoms with Crippen molar-refractivity contribution in [2.45, 2.75) is 32.7 Å². The summed E-state index contributed by atoms with van der Waals surface area (Å²) in [7, 11) is 1.61. The highest BCUT2D eigenvalue weighted by Gasteiger charge is 2.32. The number of hydrogen-bond donors (Lipinski definition) is 0. The number of benzene rings is 2. The van der Waals surface area contributed by atoms with Crippen LogP contribution in [-0.4, -0.2) is 48.4 Å². The van der Waals surface area contributed by atoms with E-state index in [4.69, 9.17) is 4.74 Å². The Kier molecular flexibility index (Phi) is 7.25. The molecule has 0 spiro atoms. The highest BCUT2D eigenvalue weighted by atomic mass is 19.1. The van der Waals surface area contributed by atoms with Crippen LogP contribution in [0, 0.1) is 17.6 Å². The molecule has 3 rings (SSSR count). The summed E-state index contributed by atoms with van der Waals surface area (Å²) in [5.41, 5.74) is 0.849. The van der Waals surface area contributed by atoms with E-state index < -0.39 is 17.5 Å². The van der Waals surface area contributed by atoms with Crippen LogP contribution in [0.5, 0.6) is 5.75 Å².